The zero-order valence-electron chi connectivity index (χ0n) is 10.3. The van der Waals surface area contributed by atoms with Gasteiger partial charge in [-0.05, 0) is 0 Å². The highest BCUT2D eigenvalue weighted by atomic mass is 32.1. The predicted octanol–water partition coefficient (Wildman–Crippen LogP) is -0.455. The largest absolute Gasteiger partial charge is 0.377 e. The molecular formula is C11H15N5O2S. The van der Waals surface area contributed by atoms with Crippen molar-refractivity contribution in [1.29, 1.82) is 0 Å². The number of hydrogen-bond donors (Lipinski definition) is 2. The first-order valence-electron chi connectivity index (χ1n) is 6.00. The number of carbonyl (C=O) groups excluding carboxylic acids is 1. The van der Waals surface area contributed by atoms with E-state index in [1.807, 2.05) is 20.9 Å². The molecule has 3 heterocycles. The van der Waals surface area contributed by atoms with Gasteiger partial charge in [-0.2, -0.15) is 0 Å². The maximum absolute atomic E-state index is 11.5. The molecule has 0 radical (unpaired) electrons. The zero-order valence-corrected chi connectivity index (χ0v) is 11.1. The first-order valence-corrected chi connectivity index (χ1v) is 6.88. The van der Waals surface area contributed by atoms with E-state index in [0.717, 1.165) is 16.5 Å². The third-order valence-corrected chi connectivity index (χ3v) is 4.02. The standard InChI is InChI=1S/C11H15N5O2S/c12-5-7-10(14-11-16(7)2-4-19-11)15-1-3-18-6-8(15)9(13)17/h2,4,8H,1,3,5-6,12H2,(H2,13,17). The molecule has 1 aliphatic rings. The SMILES string of the molecule is NCc1c(N2CCOCC2C(N)=O)nc2sccn12. The van der Waals surface area contributed by atoms with Crippen LogP contribution in [0.4, 0.5) is 5.82 Å². The van der Waals surface area contributed by atoms with Crippen LogP contribution in [-0.2, 0) is 16.1 Å². The first-order chi connectivity index (χ1) is 9.22. The summed E-state index contributed by atoms with van der Waals surface area (Å²) in [6.07, 6.45) is 1.93. The van der Waals surface area contributed by atoms with Crippen LogP contribution in [0.2, 0.25) is 0 Å². The van der Waals surface area contributed by atoms with Gasteiger partial charge >= 0.3 is 0 Å². The van der Waals surface area contributed by atoms with Crippen LogP contribution in [0.25, 0.3) is 4.96 Å². The summed E-state index contributed by atoms with van der Waals surface area (Å²) in [5, 5.41) is 1.95. The Labute approximate surface area is 113 Å². The Kier molecular flexibility index (Phi) is 3.13. The van der Waals surface area contributed by atoms with Crippen LogP contribution >= 0.6 is 11.3 Å². The fourth-order valence-corrected chi connectivity index (χ4v) is 3.06. The molecule has 4 N–H and O–H groups in total. The highest BCUT2D eigenvalue weighted by molar-refractivity contribution is 7.15. The number of hydrogen-bond acceptors (Lipinski definition) is 6. The lowest BCUT2D eigenvalue weighted by molar-refractivity contribution is -0.121. The number of nitrogens with two attached hydrogens (primary N) is 2. The Morgan fingerprint density at radius 1 is 1.63 bits per heavy atom. The molecule has 7 nitrogen and oxygen atoms in total. The van der Waals surface area contributed by atoms with Crippen LogP contribution in [-0.4, -0.2) is 41.1 Å². The van der Waals surface area contributed by atoms with Crippen LogP contribution in [0.3, 0.4) is 0 Å². The van der Waals surface area contributed by atoms with Crippen molar-refractivity contribution in [3.63, 3.8) is 0 Å². The van der Waals surface area contributed by atoms with E-state index in [0.29, 0.717) is 26.3 Å². The minimum absolute atomic E-state index is 0.296. The number of imidazole rings is 1. The molecule has 1 atom stereocenters. The Morgan fingerprint density at radius 3 is 3.21 bits per heavy atom. The maximum Gasteiger partial charge on any atom is 0.242 e. The lowest BCUT2D eigenvalue weighted by Crippen LogP contribution is -2.53. The first kappa shape index (κ1) is 12.4. The summed E-state index contributed by atoms with van der Waals surface area (Å²) in [6.45, 7) is 1.80. The van der Waals surface area contributed by atoms with E-state index in [9.17, 15) is 4.79 Å². The lowest BCUT2D eigenvalue weighted by Gasteiger charge is -2.34. The van der Waals surface area contributed by atoms with Gasteiger partial charge in [0.25, 0.3) is 0 Å². The summed E-state index contributed by atoms with van der Waals surface area (Å²) >= 11 is 1.53. The molecule has 8 heteroatoms. The van der Waals surface area contributed by atoms with Gasteiger partial charge in [-0.15, -0.1) is 11.3 Å². The zero-order chi connectivity index (χ0) is 13.4. The van der Waals surface area contributed by atoms with Crippen LogP contribution < -0.4 is 16.4 Å². The number of carbonyl (C=O) groups is 1. The molecule has 0 spiro atoms. The number of nitrogens with zero attached hydrogens (tertiary/aromatic N) is 3. The van der Waals surface area contributed by atoms with Gasteiger partial charge in [0.2, 0.25) is 5.91 Å². The summed E-state index contributed by atoms with van der Waals surface area (Å²) in [4.78, 5) is 18.9. The molecule has 0 bridgehead atoms. The molecule has 19 heavy (non-hydrogen) atoms. The van der Waals surface area contributed by atoms with E-state index in [2.05, 4.69) is 4.98 Å². The molecule has 0 aromatic carbocycles. The van der Waals surface area contributed by atoms with E-state index >= 15 is 0 Å². The van der Waals surface area contributed by atoms with Crippen molar-refractivity contribution in [3.8, 4) is 0 Å². The highest BCUT2D eigenvalue weighted by Gasteiger charge is 2.31. The minimum atomic E-state index is -0.483. The third-order valence-electron chi connectivity index (χ3n) is 3.26. The summed E-state index contributed by atoms with van der Waals surface area (Å²) in [5.41, 5.74) is 12.1. The van der Waals surface area contributed by atoms with Crippen molar-refractivity contribution < 1.29 is 9.53 Å². The van der Waals surface area contributed by atoms with Crippen molar-refractivity contribution in [2.24, 2.45) is 11.5 Å². The normalized spacial score (nSPS) is 20.1. The summed E-state index contributed by atoms with van der Waals surface area (Å²) in [6, 6.07) is -0.483. The van der Waals surface area contributed by atoms with E-state index in [1.165, 1.54) is 11.3 Å². The van der Waals surface area contributed by atoms with Gasteiger partial charge in [-0.1, -0.05) is 0 Å². The molecule has 3 rings (SSSR count). The van der Waals surface area contributed by atoms with Gasteiger partial charge in [0.15, 0.2) is 10.8 Å². The van der Waals surface area contributed by atoms with E-state index in [-0.39, 0.29) is 0 Å². The number of anilines is 1. The fraction of sp³-hybridized carbons (Fsp3) is 0.455. The molecule has 1 fully saturated rings. The maximum atomic E-state index is 11.5. The number of ether oxygens (including phenoxy) is 1. The molecule has 1 amide bonds. The Balaban J connectivity index is 2.06. The van der Waals surface area contributed by atoms with Gasteiger partial charge in [-0.25, -0.2) is 4.98 Å². The van der Waals surface area contributed by atoms with Crippen LogP contribution in [0.5, 0.6) is 0 Å². The number of morpholine rings is 1. The van der Waals surface area contributed by atoms with Crippen molar-refractivity contribution in [2.75, 3.05) is 24.7 Å². The number of primary amides is 1. The summed E-state index contributed by atoms with van der Waals surface area (Å²) in [5.74, 6) is 0.334. The molecule has 0 saturated carbocycles. The summed E-state index contributed by atoms with van der Waals surface area (Å²) < 4.78 is 7.27. The molecule has 2 aromatic rings. The average Bonchev–Trinajstić information content (AvgIpc) is 2.98. The van der Waals surface area contributed by atoms with Crippen LogP contribution in [0.1, 0.15) is 5.69 Å². The molecule has 2 aromatic heterocycles. The second kappa shape index (κ2) is 4.80. The Bertz CT molecular complexity index is 607. The smallest absolute Gasteiger partial charge is 0.242 e. The molecule has 1 saturated heterocycles. The lowest BCUT2D eigenvalue weighted by atomic mass is 10.2. The van der Waals surface area contributed by atoms with Gasteiger partial charge in [0, 0.05) is 24.7 Å². The number of thiazole rings is 1. The van der Waals surface area contributed by atoms with Gasteiger partial charge < -0.3 is 21.1 Å². The second-order valence-electron chi connectivity index (χ2n) is 4.33. The van der Waals surface area contributed by atoms with Crippen molar-refractivity contribution >= 4 is 28.0 Å². The van der Waals surface area contributed by atoms with Crippen LogP contribution in [0.15, 0.2) is 11.6 Å². The molecule has 0 aliphatic carbocycles. The average molecular weight is 281 g/mol. The Morgan fingerprint density at radius 2 is 2.47 bits per heavy atom. The monoisotopic (exact) mass is 281 g/mol. The highest BCUT2D eigenvalue weighted by Crippen LogP contribution is 2.26. The number of fused-ring (bicyclic) bond motifs is 1. The molecule has 102 valence electrons. The van der Waals surface area contributed by atoms with Crippen molar-refractivity contribution in [1.82, 2.24) is 9.38 Å². The molecule has 1 unspecified atom stereocenters. The van der Waals surface area contributed by atoms with Gasteiger partial charge in [-0.3, -0.25) is 9.20 Å². The van der Waals surface area contributed by atoms with E-state index in [4.69, 9.17) is 16.2 Å². The Hall–Kier alpha value is -1.64. The van der Waals surface area contributed by atoms with Crippen molar-refractivity contribution in [3.05, 3.63) is 17.3 Å². The predicted molar refractivity (Wildman–Crippen MR) is 72.1 cm³/mol. The topological polar surface area (TPSA) is 98.9 Å². The molecular weight excluding hydrogens is 266 g/mol. The van der Waals surface area contributed by atoms with Gasteiger partial charge in [0.1, 0.15) is 6.04 Å². The third kappa shape index (κ3) is 1.97. The second-order valence-corrected chi connectivity index (χ2v) is 5.20. The number of aromatic nitrogens is 2. The van der Waals surface area contributed by atoms with E-state index in [1.54, 1.807) is 0 Å². The van der Waals surface area contributed by atoms with Gasteiger partial charge in [0.05, 0.1) is 18.9 Å². The van der Waals surface area contributed by atoms with E-state index < -0.39 is 11.9 Å². The summed E-state index contributed by atoms with van der Waals surface area (Å²) in [7, 11) is 0. The number of amides is 1. The quantitative estimate of drug-likeness (QED) is 0.793. The molecule has 1 aliphatic heterocycles. The fourth-order valence-electron chi connectivity index (χ4n) is 2.33. The number of rotatable bonds is 3. The van der Waals surface area contributed by atoms with Crippen molar-refractivity contribution in [2.45, 2.75) is 12.6 Å². The minimum Gasteiger partial charge on any atom is -0.377 e. The van der Waals surface area contributed by atoms with Crippen LogP contribution in [0, 0.1) is 0 Å².